The van der Waals surface area contributed by atoms with Crippen LogP contribution in [0.1, 0.15) is 17.8 Å². The summed E-state index contributed by atoms with van der Waals surface area (Å²) in [5, 5.41) is 8.99. The Hall–Kier alpha value is -2.15. The Kier molecular flexibility index (Phi) is 4.00. The minimum Gasteiger partial charge on any atom is -0.504 e. The second kappa shape index (κ2) is 11.5. The molecule has 2 unspecified atom stereocenters. The molecule has 4 rings (SSSR count). The van der Waals surface area contributed by atoms with Crippen molar-refractivity contribution < 1.29 is 46.6 Å². The van der Waals surface area contributed by atoms with Crippen molar-refractivity contribution >= 4 is 11.6 Å². The zero-order chi connectivity index (χ0) is 31.0. The molecular formula is C20H25ClO6. The number of alkyl halides is 1. The number of methoxy groups -OCH3 is 2. The van der Waals surface area contributed by atoms with Crippen LogP contribution in [0.3, 0.4) is 0 Å². The molecule has 6 nitrogen and oxygen atoms in total. The monoisotopic (exact) mass is 409 g/mol. The summed E-state index contributed by atoms with van der Waals surface area (Å²) < 4.78 is 116. The average Bonchev–Trinajstić information content (AvgIpc) is 3.55. The number of phenols is 1. The van der Waals surface area contributed by atoms with Crippen molar-refractivity contribution in [2.24, 2.45) is 0 Å². The third-order valence-corrected chi connectivity index (χ3v) is 2.96. The van der Waals surface area contributed by atoms with Crippen molar-refractivity contribution in [3.8, 4) is 23.0 Å². The van der Waals surface area contributed by atoms with Gasteiger partial charge < -0.3 is 28.8 Å². The van der Waals surface area contributed by atoms with Crippen molar-refractivity contribution in [2.45, 2.75) is 12.2 Å². The maximum atomic E-state index is 8.99. The zero-order valence-corrected chi connectivity index (χ0v) is 14.7. The zero-order valence-electron chi connectivity index (χ0n) is 27.0. The Morgan fingerprint density at radius 3 is 2.15 bits per heavy atom. The first-order chi connectivity index (χ1) is 17.9. The van der Waals surface area contributed by atoms with Crippen molar-refractivity contribution in [2.75, 3.05) is 39.7 Å². The normalized spacial score (nSPS) is 36.6. The Balaban J connectivity index is 0.000000243. The fourth-order valence-electron chi connectivity index (χ4n) is 1.48. The first-order valence-corrected chi connectivity index (χ1v) is 7.69. The van der Waals surface area contributed by atoms with Gasteiger partial charge in [-0.05, 0) is 24.3 Å². The molecule has 0 aliphatic carbocycles. The number of benzene rings is 2. The van der Waals surface area contributed by atoms with Crippen LogP contribution in [-0.4, -0.2) is 56.9 Å². The smallest absolute Gasteiger partial charge is 0.161 e. The molecule has 2 aromatic rings. The minimum atomic E-state index is -2.84. The molecule has 27 heavy (non-hydrogen) atoms. The van der Waals surface area contributed by atoms with Gasteiger partial charge >= 0.3 is 0 Å². The van der Waals surface area contributed by atoms with Gasteiger partial charge in [-0.1, -0.05) is 24.3 Å². The van der Waals surface area contributed by atoms with Gasteiger partial charge in [-0.15, -0.1) is 11.6 Å². The predicted octanol–water partition coefficient (Wildman–Crippen LogP) is 3.50. The molecule has 2 fully saturated rings. The number of halogens is 1. The number of phenolic OH excluding ortho intramolecular Hbond substituents is 1. The lowest BCUT2D eigenvalue weighted by atomic mass is 10.3. The van der Waals surface area contributed by atoms with E-state index < -0.39 is 44.7 Å². The summed E-state index contributed by atoms with van der Waals surface area (Å²) in [5.41, 5.74) is 0. The maximum Gasteiger partial charge on any atom is 0.161 e. The van der Waals surface area contributed by atoms with Gasteiger partial charge in [-0.3, -0.25) is 0 Å². The molecule has 0 amide bonds. The van der Waals surface area contributed by atoms with E-state index in [0.29, 0.717) is 5.75 Å². The maximum absolute atomic E-state index is 8.99. The Bertz CT molecular complexity index is 1180. The van der Waals surface area contributed by atoms with E-state index >= 15 is 0 Å². The van der Waals surface area contributed by atoms with E-state index in [2.05, 4.69) is 14.2 Å². The molecule has 2 aromatic carbocycles. The Morgan fingerprint density at radius 1 is 1.11 bits per heavy atom. The third kappa shape index (κ3) is 8.39. The van der Waals surface area contributed by atoms with Crippen molar-refractivity contribution in [1.82, 2.24) is 0 Å². The predicted molar refractivity (Wildman–Crippen MR) is 103 cm³/mol. The van der Waals surface area contributed by atoms with E-state index in [1.165, 1.54) is 31.4 Å². The summed E-state index contributed by atoms with van der Waals surface area (Å²) in [6, 6.07) is 12.3. The Labute approximate surface area is 182 Å². The molecule has 0 spiro atoms. The highest BCUT2D eigenvalue weighted by molar-refractivity contribution is 6.18. The molecule has 7 heteroatoms. The van der Waals surface area contributed by atoms with Crippen LogP contribution in [0.2, 0.25) is 0 Å². The number of rotatable bonds is 6. The van der Waals surface area contributed by atoms with Gasteiger partial charge in [0, 0.05) is 2.74 Å². The van der Waals surface area contributed by atoms with Crippen LogP contribution in [0.15, 0.2) is 48.5 Å². The summed E-state index contributed by atoms with van der Waals surface area (Å²) in [6.07, 6.45) is -4.77. The highest BCUT2D eigenvalue weighted by atomic mass is 35.5. The summed E-state index contributed by atoms with van der Waals surface area (Å²) in [6.45, 7) is -7.58. The SMILES string of the molecule is COc1ccccc1O.[2H]C([2H])(Cl)C1([2H])OC1([2H])[2H].[2H]C([2H])([2H])Oc1ccccc1OC([2H])([2H])C1([2H])OC1([2H])[2H]. The van der Waals surface area contributed by atoms with E-state index in [1.54, 1.807) is 24.3 Å². The van der Waals surface area contributed by atoms with E-state index in [-0.39, 0.29) is 17.2 Å². The van der Waals surface area contributed by atoms with Gasteiger partial charge in [-0.2, -0.15) is 0 Å². The van der Waals surface area contributed by atoms with Crippen LogP contribution in [0.25, 0.3) is 0 Å². The summed E-state index contributed by atoms with van der Waals surface area (Å²) in [5.74, 6) is -2.29. The number of para-hydroxylation sites is 4. The molecule has 2 aliphatic heterocycles. The molecule has 1 N–H and O–H groups in total. The van der Waals surface area contributed by atoms with Crippen LogP contribution < -0.4 is 14.2 Å². The van der Waals surface area contributed by atoms with Gasteiger partial charge in [-0.25, -0.2) is 0 Å². The molecule has 0 saturated carbocycles. The minimum absolute atomic E-state index is 0.181. The second-order valence-corrected chi connectivity index (χ2v) is 4.77. The topological polar surface area (TPSA) is 73.0 Å². The lowest BCUT2D eigenvalue weighted by molar-refractivity contribution is 0.252. The van der Waals surface area contributed by atoms with Gasteiger partial charge in [0.25, 0.3) is 0 Å². The molecular weight excluding hydrogens is 372 g/mol. The van der Waals surface area contributed by atoms with Gasteiger partial charge in [0.1, 0.15) is 12.6 Å². The molecule has 2 atom stereocenters. The fraction of sp³-hybridized carbons (Fsp3) is 0.400. The standard InChI is InChI=1S/C10H12O3.C7H8O2.C3H5ClO/c1-11-9-4-2-3-5-10(9)13-7-8-6-12-8;1-9-7-5-3-2-4-6(7)8;4-1-3-2-5-3/h2-5,8H,6-7H2,1H3;2-5,8H,1H3;3H,1-2H2/i1D3,6D2,7D2,8D;;1D2,2D2,3D. The number of epoxide rings is 2. The van der Waals surface area contributed by atoms with Crippen molar-refractivity contribution in [3.63, 3.8) is 0 Å². The third-order valence-electron chi connectivity index (χ3n) is 2.79. The average molecular weight is 410 g/mol. The highest BCUT2D eigenvalue weighted by Crippen LogP contribution is 2.26. The van der Waals surface area contributed by atoms with Gasteiger partial charge in [0.2, 0.25) is 0 Å². The number of aromatic hydroxyl groups is 1. The lowest BCUT2D eigenvalue weighted by Crippen LogP contribution is -2.04. The summed E-state index contributed by atoms with van der Waals surface area (Å²) in [4.78, 5) is 0. The van der Waals surface area contributed by atoms with Crippen molar-refractivity contribution in [3.05, 3.63) is 48.5 Å². The number of ether oxygens (including phenoxy) is 5. The Morgan fingerprint density at radius 2 is 1.70 bits per heavy atom. The number of hydrogen-bond acceptors (Lipinski definition) is 6. The molecule has 2 aliphatic rings. The molecule has 0 radical (unpaired) electrons. The summed E-state index contributed by atoms with van der Waals surface area (Å²) in [7, 11) is -1.23. The van der Waals surface area contributed by atoms with Crippen molar-refractivity contribution in [1.29, 1.82) is 0 Å². The lowest BCUT2D eigenvalue weighted by Gasteiger charge is -2.08. The van der Waals surface area contributed by atoms with Crippen LogP contribution in [0.4, 0.5) is 0 Å². The molecule has 2 saturated heterocycles. The molecule has 2 heterocycles. The first kappa shape index (κ1) is 9.37. The quantitative estimate of drug-likeness (QED) is 0.581. The van der Waals surface area contributed by atoms with E-state index in [1.807, 2.05) is 0 Å². The largest absolute Gasteiger partial charge is 0.504 e. The van der Waals surface area contributed by atoms with Crippen LogP contribution in [0.5, 0.6) is 23.0 Å². The molecule has 0 bridgehead atoms. The fourth-order valence-corrected chi connectivity index (χ4v) is 1.56. The van der Waals surface area contributed by atoms with Crippen LogP contribution in [-0.2, 0) is 9.47 Å². The second-order valence-electron chi connectivity index (χ2n) is 4.59. The first-order valence-electron chi connectivity index (χ1n) is 13.8. The summed E-state index contributed by atoms with van der Waals surface area (Å²) >= 11 is 5.04. The van der Waals surface area contributed by atoms with Gasteiger partial charge in [0.15, 0.2) is 23.0 Å². The van der Waals surface area contributed by atoms with Crippen LogP contribution >= 0.6 is 11.6 Å². The van der Waals surface area contributed by atoms with Gasteiger partial charge in [0.05, 0.1) is 54.3 Å². The van der Waals surface area contributed by atoms with E-state index in [4.69, 9.17) is 44.0 Å². The molecule has 148 valence electrons. The number of hydrogen-bond donors (Lipinski definition) is 1. The molecule has 0 aromatic heterocycles. The van der Waals surface area contributed by atoms with E-state index in [0.717, 1.165) is 0 Å². The highest BCUT2D eigenvalue weighted by Gasteiger charge is 2.23. The van der Waals surface area contributed by atoms with E-state index in [9.17, 15) is 0 Å². The van der Waals surface area contributed by atoms with Crippen LogP contribution in [0, 0.1) is 0 Å².